The van der Waals surface area contributed by atoms with E-state index in [1.54, 1.807) is 25.1 Å². The molecule has 1 unspecified atom stereocenters. The van der Waals surface area contributed by atoms with Crippen molar-refractivity contribution in [3.63, 3.8) is 0 Å². The lowest BCUT2D eigenvalue weighted by Crippen LogP contribution is -2.28. The molecule has 0 fully saturated rings. The van der Waals surface area contributed by atoms with Crippen molar-refractivity contribution < 1.29 is 18.3 Å². The summed E-state index contributed by atoms with van der Waals surface area (Å²) in [6.07, 6.45) is 0. The van der Waals surface area contributed by atoms with Gasteiger partial charge in [0.15, 0.2) is 16.8 Å². The maximum atomic E-state index is 13.4. The summed E-state index contributed by atoms with van der Waals surface area (Å²) in [4.78, 5) is 29.9. The van der Waals surface area contributed by atoms with Crippen LogP contribution in [0.25, 0.3) is 10.9 Å². The van der Waals surface area contributed by atoms with Crippen LogP contribution in [0.4, 0.5) is 14.5 Å². The Labute approximate surface area is 180 Å². The largest absolute Gasteiger partial charge is 0.383 e. The number of hydrogen-bond acceptors (Lipinski definition) is 5. The van der Waals surface area contributed by atoms with Gasteiger partial charge in [0.1, 0.15) is 0 Å². The van der Waals surface area contributed by atoms with Crippen LogP contribution in [0.5, 0.6) is 0 Å². The zero-order chi connectivity index (χ0) is 21.8. The first kappa shape index (κ1) is 22.2. The fourth-order valence-corrected chi connectivity index (χ4v) is 3.77. The van der Waals surface area contributed by atoms with Crippen LogP contribution in [-0.4, -0.2) is 34.4 Å². The van der Waals surface area contributed by atoms with E-state index in [1.165, 1.54) is 17.7 Å². The summed E-state index contributed by atoms with van der Waals surface area (Å²) in [5, 5.41) is 3.00. The van der Waals surface area contributed by atoms with Gasteiger partial charge in [-0.1, -0.05) is 23.4 Å². The molecule has 0 saturated heterocycles. The first-order chi connectivity index (χ1) is 14.3. The SMILES string of the molecule is COCCn1c(SC(C)C(=O)Nc2ccc(F)c(F)c2)nc2cc(Cl)ccc2c1=O. The van der Waals surface area contributed by atoms with E-state index in [1.807, 2.05) is 0 Å². The van der Waals surface area contributed by atoms with Crippen molar-refractivity contribution in [2.24, 2.45) is 0 Å². The van der Waals surface area contributed by atoms with Gasteiger partial charge in [-0.15, -0.1) is 0 Å². The van der Waals surface area contributed by atoms with Gasteiger partial charge >= 0.3 is 0 Å². The Balaban J connectivity index is 1.89. The number of carbonyl (C=O) groups is 1. The number of hydrogen-bond donors (Lipinski definition) is 1. The highest BCUT2D eigenvalue weighted by Gasteiger charge is 2.20. The Morgan fingerprint density at radius 2 is 2.03 bits per heavy atom. The van der Waals surface area contributed by atoms with E-state index in [0.717, 1.165) is 23.9 Å². The number of amides is 1. The third-order valence-corrected chi connectivity index (χ3v) is 5.57. The van der Waals surface area contributed by atoms with E-state index in [4.69, 9.17) is 16.3 Å². The minimum Gasteiger partial charge on any atom is -0.383 e. The fraction of sp³-hybridized carbons (Fsp3) is 0.250. The summed E-state index contributed by atoms with van der Waals surface area (Å²) in [6, 6.07) is 7.88. The molecule has 3 rings (SSSR count). The minimum absolute atomic E-state index is 0.126. The highest BCUT2D eigenvalue weighted by molar-refractivity contribution is 8.00. The molecule has 0 bridgehead atoms. The minimum atomic E-state index is -1.06. The fourth-order valence-electron chi connectivity index (χ4n) is 2.67. The van der Waals surface area contributed by atoms with Crippen LogP contribution in [0.15, 0.2) is 46.3 Å². The second kappa shape index (κ2) is 9.55. The molecule has 1 atom stereocenters. The van der Waals surface area contributed by atoms with E-state index in [2.05, 4.69) is 10.3 Å². The Kier molecular flexibility index (Phi) is 7.06. The monoisotopic (exact) mass is 453 g/mol. The zero-order valence-corrected chi connectivity index (χ0v) is 17.7. The van der Waals surface area contributed by atoms with Crippen molar-refractivity contribution in [3.05, 3.63) is 63.4 Å². The molecule has 0 spiro atoms. The Hall–Kier alpha value is -2.49. The van der Waals surface area contributed by atoms with Gasteiger partial charge in [0, 0.05) is 23.9 Å². The van der Waals surface area contributed by atoms with Gasteiger partial charge in [-0.05, 0) is 37.3 Å². The predicted octanol–water partition coefficient (Wildman–Crippen LogP) is 4.09. The van der Waals surface area contributed by atoms with Crippen LogP contribution in [0.3, 0.4) is 0 Å². The molecule has 0 saturated carbocycles. The molecule has 1 N–H and O–H groups in total. The van der Waals surface area contributed by atoms with E-state index in [-0.39, 0.29) is 24.4 Å². The molecule has 1 aromatic heterocycles. The molecule has 10 heteroatoms. The number of anilines is 1. The molecule has 0 radical (unpaired) electrons. The Morgan fingerprint density at radius 3 is 2.73 bits per heavy atom. The smallest absolute Gasteiger partial charge is 0.262 e. The Bertz CT molecular complexity index is 1160. The van der Waals surface area contributed by atoms with Crippen molar-refractivity contribution in [2.45, 2.75) is 23.9 Å². The van der Waals surface area contributed by atoms with Crippen molar-refractivity contribution >= 4 is 45.9 Å². The predicted molar refractivity (Wildman–Crippen MR) is 113 cm³/mol. The maximum Gasteiger partial charge on any atom is 0.262 e. The van der Waals surface area contributed by atoms with Crippen LogP contribution in [0.1, 0.15) is 6.92 Å². The molecule has 6 nitrogen and oxygen atoms in total. The number of benzene rings is 2. The van der Waals surface area contributed by atoms with Gasteiger partial charge in [-0.25, -0.2) is 13.8 Å². The van der Waals surface area contributed by atoms with E-state index in [0.29, 0.717) is 21.1 Å². The van der Waals surface area contributed by atoms with Gasteiger partial charge in [0.2, 0.25) is 5.91 Å². The molecule has 0 aliphatic rings. The highest BCUT2D eigenvalue weighted by atomic mass is 35.5. The molecule has 158 valence electrons. The topological polar surface area (TPSA) is 73.2 Å². The van der Waals surface area contributed by atoms with E-state index < -0.39 is 22.8 Å². The molecular formula is C20H18ClF2N3O3S. The number of rotatable bonds is 7. The normalized spacial score (nSPS) is 12.2. The maximum absolute atomic E-state index is 13.4. The standard InChI is InChI=1S/C20H18ClF2N3O3S/c1-11(18(27)24-13-4-6-15(22)16(23)10-13)30-20-25-17-9-12(21)3-5-14(17)19(28)26(20)7-8-29-2/h3-6,9-11H,7-8H2,1-2H3,(H,24,27). The van der Waals surface area contributed by atoms with Crippen molar-refractivity contribution in [3.8, 4) is 0 Å². The quantitative estimate of drug-likeness (QED) is 0.431. The summed E-state index contributed by atoms with van der Waals surface area (Å²) in [5.41, 5.74) is 0.266. The van der Waals surface area contributed by atoms with E-state index >= 15 is 0 Å². The Morgan fingerprint density at radius 1 is 1.27 bits per heavy atom. The van der Waals surface area contributed by atoms with Crippen LogP contribution in [0.2, 0.25) is 5.02 Å². The van der Waals surface area contributed by atoms with E-state index in [9.17, 15) is 18.4 Å². The van der Waals surface area contributed by atoms with Crippen LogP contribution in [0, 0.1) is 11.6 Å². The van der Waals surface area contributed by atoms with Gasteiger partial charge in [-0.3, -0.25) is 14.2 Å². The lowest BCUT2D eigenvalue weighted by Gasteiger charge is -2.16. The van der Waals surface area contributed by atoms with Crippen LogP contribution >= 0.6 is 23.4 Å². The second-order valence-electron chi connectivity index (χ2n) is 6.38. The first-order valence-electron chi connectivity index (χ1n) is 8.91. The number of nitrogens with one attached hydrogen (secondary N) is 1. The van der Waals surface area contributed by atoms with Gasteiger partial charge < -0.3 is 10.1 Å². The lowest BCUT2D eigenvalue weighted by atomic mass is 10.2. The number of carbonyl (C=O) groups excluding carboxylic acids is 1. The number of aromatic nitrogens is 2. The third-order valence-electron chi connectivity index (χ3n) is 4.24. The molecule has 3 aromatic rings. The number of fused-ring (bicyclic) bond motifs is 1. The summed E-state index contributed by atoms with van der Waals surface area (Å²) < 4.78 is 33.0. The molecule has 1 amide bonds. The molecular weight excluding hydrogens is 436 g/mol. The summed E-state index contributed by atoms with van der Waals surface area (Å²) in [5.74, 6) is -2.52. The second-order valence-corrected chi connectivity index (χ2v) is 8.13. The summed E-state index contributed by atoms with van der Waals surface area (Å²) in [7, 11) is 1.52. The van der Waals surface area contributed by atoms with Gasteiger partial charge in [0.25, 0.3) is 5.56 Å². The van der Waals surface area contributed by atoms with Crippen LogP contribution in [-0.2, 0) is 16.1 Å². The molecule has 2 aromatic carbocycles. The van der Waals surface area contributed by atoms with Gasteiger partial charge in [-0.2, -0.15) is 0 Å². The zero-order valence-electron chi connectivity index (χ0n) is 16.1. The first-order valence-corrected chi connectivity index (χ1v) is 10.2. The molecule has 0 aliphatic heterocycles. The lowest BCUT2D eigenvalue weighted by molar-refractivity contribution is -0.115. The van der Waals surface area contributed by atoms with Crippen molar-refractivity contribution in [1.29, 1.82) is 0 Å². The highest BCUT2D eigenvalue weighted by Crippen LogP contribution is 2.25. The van der Waals surface area contributed by atoms with Crippen LogP contribution < -0.4 is 10.9 Å². The number of thioether (sulfide) groups is 1. The third kappa shape index (κ3) is 4.97. The number of methoxy groups -OCH3 is 1. The number of nitrogens with zero attached hydrogens (tertiary/aromatic N) is 2. The summed E-state index contributed by atoms with van der Waals surface area (Å²) in [6.45, 7) is 2.15. The van der Waals surface area contributed by atoms with Crippen molar-refractivity contribution in [2.75, 3.05) is 19.0 Å². The van der Waals surface area contributed by atoms with Crippen molar-refractivity contribution in [1.82, 2.24) is 9.55 Å². The molecule has 30 heavy (non-hydrogen) atoms. The molecule has 1 heterocycles. The average Bonchev–Trinajstić information content (AvgIpc) is 2.70. The number of ether oxygens (including phenoxy) is 1. The molecule has 0 aliphatic carbocycles. The number of halogens is 3. The van der Waals surface area contributed by atoms with Gasteiger partial charge in [0.05, 0.1) is 29.3 Å². The average molecular weight is 454 g/mol. The summed E-state index contributed by atoms with van der Waals surface area (Å²) >= 11 is 7.08.